The van der Waals surface area contributed by atoms with Crippen LogP contribution in [0.2, 0.25) is 0 Å². The van der Waals surface area contributed by atoms with Crippen LogP contribution in [0, 0.1) is 5.82 Å². The standard InChI is InChI=1S/C12H14FNO3/c1-14(2)12(16)11-6-9(15)8-5-7(13)3-4-10(8)17-11/h3-5,9,11,15H,6H2,1-2H3/t9-,11+/m0/s1. The zero-order chi connectivity index (χ0) is 12.6. The zero-order valence-corrected chi connectivity index (χ0v) is 9.68. The van der Waals surface area contributed by atoms with Gasteiger partial charge >= 0.3 is 0 Å². The molecule has 0 fully saturated rings. The molecule has 92 valence electrons. The van der Waals surface area contributed by atoms with Crippen LogP contribution in [-0.4, -0.2) is 36.1 Å². The Kier molecular flexibility index (Phi) is 3.02. The normalized spacial score (nSPS) is 22.6. The van der Waals surface area contributed by atoms with Gasteiger partial charge in [0.25, 0.3) is 5.91 Å². The fourth-order valence-corrected chi connectivity index (χ4v) is 1.86. The van der Waals surface area contributed by atoms with Gasteiger partial charge in [-0.25, -0.2) is 4.39 Å². The van der Waals surface area contributed by atoms with Crippen molar-refractivity contribution in [2.75, 3.05) is 14.1 Å². The number of hydrogen-bond acceptors (Lipinski definition) is 3. The highest BCUT2D eigenvalue weighted by molar-refractivity contribution is 5.81. The third-order valence-electron chi connectivity index (χ3n) is 2.75. The molecule has 0 aromatic heterocycles. The van der Waals surface area contributed by atoms with E-state index in [1.54, 1.807) is 14.1 Å². The van der Waals surface area contributed by atoms with Crippen LogP contribution in [0.5, 0.6) is 5.75 Å². The molecule has 1 aromatic rings. The highest BCUT2D eigenvalue weighted by atomic mass is 19.1. The molecule has 1 aromatic carbocycles. The number of carbonyl (C=O) groups is 1. The molecule has 1 aliphatic heterocycles. The number of rotatable bonds is 1. The van der Waals surface area contributed by atoms with Gasteiger partial charge in [0.1, 0.15) is 11.6 Å². The van der Waals surface area contributed by atoms with Crippen molar-refractivity contribution in [2.24, 2.45) is 0 Å². The summed E-state index contributed by atoms with van der Waals surface area (Å²) >= 11 is 0. The zero-order valence-electron chi connectivity index (χ0n) is 9.68. The first-order chi connectivity index (χ1) is 7.99. The van der Waals surface area contributed by atoms with Gasteiger partial charge in [-0.05, 0) is 18.2 Å². The summed E-state index contributed by atoms with van der Waals surface area (Å²) in [5, 5.41) is 9.87. The van der Waals surface area contributed by atoms with Crippen molar-refractivity contribution in [1.29, 1.82) is 0 Å². The van der Waals surface area contributed by atoms with Crippen LogP contribution in [0.1, 0.15) is 18.1 Å². The Morgan fingerprint density at radius 2 is 2.24 bits per heavy atom. The average molecular weight is 239 g/mol. The Morgan fingerprint density at radius 1 is 1.53 bits per heavy atom. The summed E-state index contributed by atoms with van der Waals surface area (Å²) in [4.78, 5) is 13.1. The van der Waals surface area contributed by atoms with E-state index in [4.69, 9.17) is 4.74 Å². The Balaban J connectivity index is 2.27. The van der Waals surface area contributed by atoms with Gasteiger partial charge in [-0.1, -0.05) is 0 Å². The maximum atomic E-state index is 13.0. The van der Waals surface area contributed by atoms with Gasteiger partial charge in [0, 0.05) is 26.1 Å². The molecule has 0 radical (unpaired) electrons. The predicted molar refractivity (Wildman–Crippen MR) is 59.1 cm³/mol. The van der Waals surface area contributed by atoms with Crippen LogP contribution in [0.15, 0.2) is 18.2 Å². The Hall–Kier alpha value is -1.62. The minimum atomic E-state index is -0.872. The van der Waals surface area contributed by atoms with E-state index in [0.29, 0.717) is 11.3 Å². The number of aliphatic hydroxyl groups is 1. The van der Waals surface area contributed by atoms with E-state index in [0.717, 1.165) is 0 Å². The molecule has 1 heterocycles. The maximum absolute atomic E-state index is 13.0. The molecule has 5 heteroatoms. The topological polar surface area (TPSA) is 49.8 Å². The van der Waals surface area contributed by atoms with Gasteiger partial charge in [-0.3, -0.25) is 4.79 Å². The van der Waals surface area contributed by atoms with Crippen molar-refractivity contribution >= 4 is 5.91 Å². The van der Waals surface area contributed by atoms with Gasteiger partial charge in [-0.15, -0.1) is 0 Å². The molecule has 2 rings (SSSR count). The molecule has 17 heavy (non-hydrogen) atoms. The van der Waals surface area contributed by atoms with E-state index in [9.17, 15) is 14.3 Å². The van der Waals surface area contributed by atoms with Crippen LogP contribution >= 0.6 is 0 Å². The summed E-state index contributed by atoms with van der Waals surface area (Å²) in [6.45, 7) is 0. The first-order valence-electron chi connectivity index (χ1n) is 5.34. The van der Waals surface area contributed by atoms with Crippen LogP contribution < -0.4 is 4.74 Å². The van der Waals surface area contributed by atoms with E-state index in [1.165, 1.54) is 23.1 Å². The number of hydrogen-bond donors (Lipinski definition) is 1. The lowest BCUT2D eigenvalue weighted by Crippen LogP contribution is -2.40. The lowest BCUT2D eigenvalue weighted by Gasteiger charge is -2.30. The molecular formula is C12H14FNO3. The van der Waals surface area contributed by atoms with Crippen LogP contribution in [0.25, 0.3) is 0 Å². The van der Waals surface area contributed by atoms with Crippen molar-refractivity contribution < 1.29 is 19.0 Å². The van der Waals surface area contributed by atoms with Crippen molar-refractivity contribution in [3.8, 4) is 5.75 Å². The monoisotopic (exact) mass is 239 g/mol. The summed E-state index contributed by atoms with van der Waals surface area (Å²) in [5.41, 5.74) is 0.396. The number of benzene rings is 1. The third-order valence-corrected chi connectivity index (χ3v) is 2.75. The van der Waals surface area contributed by atoms with E-state index in [2.05, 4.69) is 0 Å². The third kappa shape index (κ3) is 2.24. The number of carbonyl (C=O) groups excluding carboxylic acids is 1. The molecule has 0 aliphatic carbocycles. The number of ether oxygens (including phenoxy) is 1. The highest BCUT2D eigenvalue weighted by Gasteiger charge is 2.32. The molecule has 1 amide bonds. The van der Waals surface area contributed by atoms with Crippen molar-refractivity contribution in [1.82, 2.24) is 4.90 Å². The second-order valence-electron chi connectivity index (χ2n) is 4.27. The van der Waals surface area contributed by atoms with Gasteiger partial charge < -0.3 is 14.7 Å². The second kappa shape index (κ2) is 4.33. The molecular weight excluding hydrogens is 225 g/mol. The van der Waals surface area contributed by atoms with E-state index in [-0.39, 0.29) is 12.3 Å². The number of aliphatic hydroxyl groups excluding tert-OH is 1. The Morgan fingerprint density at radius 3 is 2.88 bits per heavy atom. The summed E-state index contributed by atoms with van der Waals surface area (Å²) in [6, 6.07) is 3.91. The lowest BCUT2D eigenvalue weighted by atomic mass is 9.98. The van der Waals surface area contributed by atoms with Crippen LogP contribution in [0.3, 0.4) is 0 Å². The summed E-state index contributed by atoms with van der Waals surface area (Å²) in [6.07, 6.45) is -1.44. The number of halogens is 1. The van der Waals surface area contributed by atoms with E-state index >= 15 is 0 Å². The molecule has 1 aliphatic rings. The molecule has 2 atom stereocenters. The molecule has 0 bridgehead atoms. The largest absolute Gasteiger partial charge is 0.480 e. The van der Waals surface area contributed by atoms with Gasteiger partial charge in [0.15, 0.2) is 6.10 Å². The molecule has 4 nitrogen and oxygen atoms in total. The Bertz CT molecular complexity index is 447. The lowest BCUT2D eigenvalue weighted by molar-refractivity contribution is -0.138. The minimum Gasteiger partial charge on any atom is -0.480 e. The van der Waals surface area contributed by atoms with E-state index < -0.39 is 18.0 Å². The summed E-state index contributed by atoms with van der Waals surface area (Å²) in [7, 11) is 3.25. The molecule has 0 saturated heterocycles. The average Bonchev–Trinajstić information content (AvgIpc) is 2.28. The quantitative estimate of drug-likeness (QED) is 0.798. The van der Waals surface area contributed by atoms with Crippen molar-refractivity contribution in [3.63, 3.8) is 0 Å². The minimum absolute atomic E-state index is 0.146. The molecule has 0 unspecified atom stereocenters. The van der Waals surface area contributed by atoms with Gasteiger partial charge in [-0.2, -0.15) is 0 Å². The number of likely N-dealkylation sites (N-methyl/N-ethyl adjacent to an activating group) is 1. The second-order valence-corrected chi connectivity index (χ2v) is 4.27. The number of nitrogens with zero attached hydrogens (tertiary/aromatic N) is 1. The Labute approximate surface area is 98.6 Å². The molecule has 0 spiro atoms. The van der Waals surface area contributed by atoms with Crippen molar-refractivity contribution in [3.05, 3.63) is 29.6 Å². The molecule has 0 saturated carbocycles. The fraction of sp³-hybridized carbons (Fsp3) is 0.417. The first-order valence-corrected chi connectivity index (χ1v) is 5.34. The molecule has 1 N–H and O–H groups in total. The predicted octanol–water partition coefficient (Wildman–Crippen LogP) is 1.10. The first kappa shape index (κ1) is 11.9. The summed E-state index contributed by atoms with van der Waals surface area (Å²) < 4.78 is 18.5. The number of fused-ring (bicyclic) bond motifs is 1. The fourth-order valence-electron chi connectivity index (χ4n) is 1.86. The number of amides is 1. The van der Waals surface area contributed by atoms with Crippen molar-refractivity contribution in [2.45, 2.75) is 18.6 Å². The van der Waals surface area contributed by atoms with E-state index in [1.807, 2.05) is 0 Å². The SMILES string of the molecule is CN(C)C(=O)[C@H]1C[C@H](O)c2cc(F)ccc2O1. The maximum Gasteiger partial charge on any atom is 0.263 e. The smallest absolute Gasteiger partial charge is 0.263 e. The summed E-state index contributed by atoms with van der Waals surface area (Å²) in [5.74, 6) is -0.270. The van der Waals surface area contributed by atoms with Crippen LogP contribution in [-0.2, 0) is 4.79 Å². The van der Waals surface area contributed by atoms with Gasteiger partial charge in [0.2, 0.25) is 0 Å². The van der Waals surface area contributed by atoms with Gasteiger partial charge in [0.05, 0.1) is 6.10 Å². The van der Waals surface area contributed by atoms with Crippen LogP contribution in [0.4, 0.5) is 4.39 Å². The highest BCUT2D eigenvalue weighted by Crippen LogP contribution is 2.35.